The molecule has 1 atom stereocenters. The van der Waals surface area contributed by atoms with Crippen LogP contribution in [0, 0.1) is 0 Å². The van der Waals surface area contributed by atoms with Crippen LogP contribution >= 0.6 is 0 Å². The molecule has 1 N–H and O–H groups in total. The molecule has 1 rings (SSSR count). The lowest BCUT2D eigenvalue weighted by molar-refractivity contribution is 0.163. The Morgan fingerprint density at radius 3 is 2.92 bits per heavy atom. The van der Waals surface area contributed by atoms with Gasteiger partial charge >= 0.3 is 0 Å². The maximum atomic E-state index is 9.67. The lowest BCUT2D eigenvalue weighted by Crippen LogP contribution is -1.97. The highest BCUT2D eigenvalue weighted by Crippen LogP contribution is 2.17. The zero-order chi connectivity index (χ0) is 9.84. The molecule has 0 aromatic carbocycles. The van der Waals surface area contributed by atoms with Crippen molar-refractivity contribution in [2.45, 2.75) is 25.9 Å². The average molecular weight is 180 g/mol. The van der Waals surface area contributed by atoms with Gasteiger partial charge in [-0.15, -0.1) is 6.58 Å². The Balaban J connectivity index is 2.48. The largest absolute Gasteiger partial charge is 0.387 e. The molecule has 1 aromatic rings. The zero-order valence-electron chi connectivity index (χ0n) is 8.20. The van der Waals surface area contributed by atoms with Gasteiger partial charge in [-0.3, -0.25) is 0 Å². The fourth-order valence-corrected chi connectivity index (χ4v) is 1.14. The van der Waals surface area contributed by atoms with Crippen molar-refractivity contribution in [1.29, 1.82) is 0 Å². The van der Waals surface area contributed by atoms with E-state index in [1.165, 1.54) is 0 Å². The molecule has 0 saturated heterocycles. The summed E-state index contributed by atoms with van der Waals surface area (Å²) in [5, 5.41) is 9.67. The number of aromatic nitrogens is 2. The molecule has 0 saturated carbocycles. The van der Waals surface area contributed by atoms with E-state index in [0.717, 1.165) is 17.7 Å². The molecule has 0 bridgehead atoms. The van der Waals surface area contributed by atoms with Crippen molar-refractivity contribution >= 4 is 0 Å². The maximum absolute atomic E-state index is 9.67. The van der Waals surface area contributed by atoms with Crippen LogP contribution in [0.15, 0.2) is 24.7 Å². The monoisotopic (exact) mass is 180 g/mol. The quantitative estimate of drug-likeness (QED) is 0.717. The highest BCUT2D eigenvalue weighted by atomic mass is 16.3. The number of aliphatic hydroxyl groups is 1. The summed E-state index contributed by atoms with van der Waals surface area (Å²) in [6, 6.07) is 0. The van der Waals surface area contributed by atoms with E-state index in [1.54, 1.807) is 6.33 Å². The molecule has 0 aliphatic carbocycles. The first-order valence-electron chi connectivity index (χ1n) is 4.40. The van der Waals surface area contributed by atoms with Crippen LogP contribution < -0.4 is 0 Å². The van der Waals surface area contributed by atoms with Crippen LogP contribution in [-0.4, -0.2) is 14.7 Å². The Labute approximate surface area is 78.7 Å². The van der Waals surface area contributed by atoms with E-state index in [0.29, 0.717) is 6.42 Å². The van der Waals surface area contributed by atoms with Gasteiger partial charge in [0.2, 0.25) is 0 Å². The van der Waals surface area contributed by atoms with Gasteiger partial charge in [-0.1, -0.05) is 5.57 Å². The fourth-order valence-electron chi connectivity index (χ4n) is 1.14. The first-order valence-corrected chi connectivity index (χ1v) is 4.40. The van der Waals surface area contributed by atoms with Crippen LogP contribution in [0.5, 0.6) is 0 Å². The summed E-state index contributed by atoms with van der Waals surface area (Å²) < 4.78 is 1.83. The third-order valence-electron chi connectivity index (χ3n) is 1.91. The van der Waals surface area contributed by atoms with Gasteiger partial charge in [0, 0.05) is 13.2 Å². The van der Waals surface area contributed by atoms with E-state index in [4.69, 9.17) is 0 Å². The Morgan fingerprint density at radius 2 is 2.46 bits per heavy atom. The molecule has 0 amide bonds. The summed E-state index contributed by atoms with van der Waals surface area (Å²) in [7, 11) is 1.89. The van der Waals surface area contributed by atoms with Crippen molar-refractivity contribution < 1.29 is 5.11 Å². The van der Waals surface area contributed by atoms with E-state index in [1.807, 2.05) is 24.7 Å². The highest BCUT2D eigenvalue weighted by molar-refractivity contribution is 5.01. The minimum Gasteiger partial charge on any atom is -0.387 e. The molecule has 3 heteroatoms. The summed E-state index contributed by atoms with van der Waals surface area (Å²) in [5.41, 5.74) is 1.83. The number of imidazole rings is 1. The molecular formula is C10H16N2O. The van der Waals surface area contributed by atoms with Gasteiger partial charge < -0.3 is 9.67 Å². The second-order valence-electron chi connectivity index (χ2n) is 3.48. The summed E-state index contributed by atoms with van der Waals surface area (Å²) in [6.45, 7) is 5.75. The normalized spacial score (nSPS) is 12.8. The van der Waals surface area contributed by atoms with Crippen molar-refractivity contribution in [2.75, 3.05) is 0 Å². The van der Waals surface area contributed by atoms with Crippen molar-refractivity contribution in [3.05, 3.63) is 30.4 Å². The predicted octanol–water partition coefficient (Wildman–Crippen LogP) is 1.81. The Morgan fingerprint density at radius 1 is 1.77 bits per heavy atom. The fraction of sp³-hybridized carbons (Fsp3) is 0.500. The highest BCUT2D eigenvalue weighted by Gasteiger charge is 2.09. The number of nitrogens with zero attached hydrogens (tertiary/aromatic N) is 2. The molecule has 1 aromatic heterocycles. The predicted molar refractivity (Wildman–Crippen MR) is 52.2 cm³/mol. The van der Waals surface area contributed by atoms with E-state index < -0.39 is 6.10 Å². The molecule has 0 spiro atoms. The van der Waals surface area contributed by atoms with E-state index in [9.17, 15) is 5.11 Å². The number of aliphatic hydroxyl groups excluding tert-OH is 1. The number of allylic oxidation sites excluding steroid dienone is 1. The third kappa shape index (κ3) is 3.03. The van der Waals surface area contributed by atoms with Gasteiger partial charge in [0.25, 0.3) is 0 Å². The zero-order valence-corrected chi connectivity index (χ0v) is 8.20. The van der Waals surface area contributed by atoms with Crippen molar-refractivity contribution in [1.82, 2.24) is 9.55 Å². The second kappa shape index (κ2) is 4.23. The minimum atomic E-state index is -0.460. The molecule has 0 radical (unpaired) electrons. The molecule has 0 fully saturated rings. The Bertz CT molecular complexity index is 291. The number of aryl methyl sites for hydroxylation is 1. The van der Waals surface area contributed by atoms with Crippen LogP contribution in [0.3, 0.4) is 0 Å². The molecular weight excluding hydrogens is 164 g/mol. The number of hydrogen-bond acceptors (Lipinski definition) is 2. The van der Waals surface area contributed by atoms with E-state index in [2.05, 4.69) is 11.6 Å². The third-order valence-corrected chi connectivity index (χ3v) is 1.91. The molecule has 1 unspecified atom stereocenters. The standard InChI is InChI=1S/C10H16N2O/c1-8(2)4-5-10(13)9-6-12(3)7-11-9/h6-7,10,13H,1,4-5H2,2-3H3. The molecule has 13 heavy (non-hydrogen) atoms. The van der Waals surface area contributed by atoms with Gasteiger partial charge in [-0.05, 0) is 19.8 Å². The lowest BCUT2D eigenvalue weighted by atomic mass is 10.1. The minimum absolute atomic E-state index is 0.460. The lowest BCUT2D eigenvalue weighted by Gasteiger charge is -2.06. The Kier molecular flexibility index (Phi) is 3.25. The SMILES string of the molecule is C=C(C)CCC(O)c1cn(C)cn1. The summed E-state index contributed by atoms with van der Waals surface area (Å²) in [4.78, 5) is 4.08. The summed E-state index contributed by atoms with van der Waals surface area (Å²) in [6.07, 6.45) is 4.62. The Hall–Kier alpha value is -1.09. The smallest absolute Gasteiger partial charge is 0.0978 e. The molecule has 3 nitrogen and oxygen atoms in total. The number of hydrogen-bond donors (Lipinski definition) is 1. The van der Waals surface area contributed by atoms with E-state index in [-0.39, 0.29) is 0 Å². The van der Waals surface area contributed by atoms with Gasteiger partial charge in [0.1, 0.15) is 0 Å². The second-order valence-corrected chi connectivity index (χ2v) is 3.48. The number of rotatable bonds is 4. The molecule has 72 valence electrons. The first-order chi connectivity index (χ1) is 6.09. The van der Waals surface area contributed by atoms with E-state index >= 15 is 0 Å². The van der Waals surface area contributed by atoms with Crippen LogP contribution in [0.2, 0.25) is 0 Å². The van der Waals surface area contributed by atoms with Crippen LogP contribution in [-0.2, 0) is 7.05 Å². The van der Waals surface area contributed by atoms with Gasteiger partial charge in [0.05, 0.1) is 18.1 Å². The maximum Gasteiger partial charge on any atom is 0.0978 e. The van der Waals surface area contributed by atoms with Crippen molar-refractivity contribution in [2.24, 2.45) is 7.05 Å². The topological polar surface area (TPSA) is 38.0 Å². The van der Waals surface area contributed by atoms with Crippen LogP contribution in [0.25, 0.3) is 0 Å². The van der Waals surface area contributed by atoms with Crippen molar-refractivity contribution in [3.63, 3.8) is 0 Å². The molecule has 0 aliphatic rings. The van der Waals surface area contributed by atoms with Crippen molar-refractivity contribution in [3.8, 4) is 0 Å². The molecule has 1 heterocycles. The van der Waals surface area contributed by atoms with Crippen LogP contribution in [0.4, 0.5) is 0 Å². The van der Waals surface area contributed by atoms with Gasteiger partial charge in [-0.25, -0.2) is 4.98 Å². The first kappa shape index (κ1) is 9.99. The van der Waals surface area contributed by atoms with Crippen LogP contribution in [0.1, 0.15) is 31.6 Å². The summed E-state index contributed by atoms with van der Waals surface area (Å²) in [5.74, 6) is 0. The summed E-state index contributed by atoms with van der Waals surface area (Å²) >= 11 is 0. The molecule has 0 aliphatic heterocycles. The van der Waals surface area contributed by atoms with Gasteiger partial charge in [0.15, 0.2) is 0 Å². The average Bonchev–Trinajstić information content (AvgIpc) is 2.47. The van der Waals surface area contributed by atoms with Gasteiger partial charge in [-0.2, -0.15) is 0 Å².